The zero-order valence-corrected chi connectivity index (χ0v) is 16.9. The van der Waals surface area contributed by atoms with Gasteiger partial charge in [0.15, 0.2) is 0 Å². The van der Waals surface area contributed by atoms with Crippen LogP contribution in [-0.2, 0) is 14.3 Å². The number of benzene rings is 1. The molecule has 0 spiro atoms. The molecule has 0 amide bonds. The molecule has 1 aliphatic rings. The van der Waals surface area contributed by atoms with Crippen molar-refractivity contribution in [3.8, 4) is 0 Å². The Labute approximate surface area is 160 Å². The van der Waals surface area contributed by atoms with Crippen molar-refractivity contribution in [2.45, 2.75) is 45.8 Å². The molecule has 0 saturated carbocycles. The van der Waals surface area contributed by atoms with Crippen LogP contribution in [-0.4, -0.2) is 48.7 Å². The van der Waals surface area contributed by atoms with Crippen molar-refractivity contribution in [3.05, 3.63) is 35.9 Å². The maximum atomic E-state index is 12.3. The van der Waals surface area contributed by atoms with Crippen LogP contribution in [0.4, 0.5) is 0 Å². The third-order valence-electron chi connectivity index (χ3n) is 4.65. The van der Waals surface area contributed by atoms with E-state index in [1.165, 1.54) is 0 Å². The van der Waals surface area contributed by atoms with E-state index < -0.39 is 12.0 Å². The number of esters is 2. The third-order valence-corrected chi connectivity index (χ3v) is 4.65. The molecule has 1 saturated heterocycles. The summed E-state index contributed by atoms with van der Waals surface area (Å²) in [6.45, 7) is 7.79. The Balaban J connectivity index is 0.00000312. The summed E-state index contributed by atoms with van der Waals surface area (Å²) in [4.78, 5) is 26.9. The number of halogens is 1. The van der Waals surface area contributed by atoms with E-state index in [-0.39, 0.29) is 28.9 Å². The molecule has 6 heteroatoms. The second kappa shape index (κ2) is 10.6. The first-order chi connectivity index (χ1) is 11.6. The fourth-order valence-corrected chi connectivity index (χ4v) is 3.01. The Morgan fingerprint density at radius 3 is 2.52 bits per heavy atom. The summed E-state index contributed by atoms with van der Waals surface area (Å²) in [5, 5.41) is 0. The summed E-state index contributed by atoms with van der Waals surface area (Å²) in [7, 11) is 0. The van der Waals surface area contributed by atoms with Gasteiger partial charge in [-0.25, -0.2) is 4.79 Å². The zero-order chi connectivity index (χ0) is 17.5. The smallest absolute Gasteiger partial charge is 0.338 e. The molecule has 0 bridgehead atoms. The summed E-state index contributed by atoms with van der Waals surface area (Å²) in [5.41, 5.74) is 0.504. The maximum Gasteiger partial charge on any atom is 0.338 e. The highest BCUT2D eigenvalue weighted by atomic mass is 79.9. The van der Waals surface area contributed by atoms with E-state index in [1.54, 1.807) is 31.2 Å². The van der Waals surface area contributed by atoms with Crippen LogP contribution in [0.15, 0.2) is 30.3 Å². The highest BCUT2D eigenvalue weighted by Crippen LogP contribution is 2.25. The van der Waals surface area contributed by atoms with E-state index in [4.69, 9.17) is 9.47 Å². The Morgan fingerprint density at radius 2 is 1.92 bits per heavy atom. The van der Waals surface area contributed by atoms with Gasteiger partial charge >= 0.3 is 11.9 Å². The fourth-order valence-electron chi connectivity index (χ4n) is 3.01. The molecule has 25 heavy (non-hydrogen) atoms. The van der Waals surface area contributed by atoms with Gasteiger partial charge in [-0.3, -0.25) is 9.69 Å². The fraction of sp³-hybridized carbons (Fsp3) is 0.579. The number of hydrogen-bond donors (Lipinski definition) is 0. The predicted molar refractivity (Wildman–Crippen MR) is 102 cm³/mol. The van der Waals surface area contributed by atoms with Crippen LogP contribution >= 0.6 is 17.0 Å². The van der Waals surface area contributed by atoms with Crippen molar-refractivity contribution >= 4 is 28.9 Å². The van der Waals surface area contributed by atoms with Gasteiger partial charge in [0.1, 0.15) is 12.0 Å². The molecule has 0 aliphatic carbocycles. The van der Waals surface area contributed by atoms with Crippen LogP contribution in [0, 0.1) is 5.92 Å². The Kier molecular flexibility index (Phi) is 9.14. The topological polar surface area (TPSA) is 55.8 Å². The lowest BCUT2D eigenvalue weighted by molar-refractivity contribution is -0.156. The van der Waals surface area contributed by atoms with Crippen LogP contribution < -0.4 is 0 Å². The van der Waals surface area contributed by atoms with Crippen molar-refractivity contribution in [1.82, 2.24) is 4.90 Å². The molecular weight excluding hydrogens is 386 g/mol. The number of likely N-dealkylation sites (tertiary alicyclic amines) is 1. The number of hydrogen-bond acceptors (Lipinski definition) is 5. The van der Waals surface area contributed by atoms with E-state index >= 15 is 0 Å². The molecule has 1 aliphatic heterocycles. The first kappa shape index (κ1) is 21.6. The van der Waals surface area contributed by atoms with E-state index in [0.717, 1.165) is 13.0 Å². The van der Waals surface area contributed by atoms with Crippen molar-refractivity contribution < 1.29 is 19.1 Å². The van der Waals surface area contributed by atoms with Gasteiger partial charge < -0.3 is 9.47 Å². The molecule has 140 valence electrons. The van der Waals surface area contributed by atoms with E-state index in [9.17, 15) is 9.59 Å². The van der Waals surface area contributed by atoms with Gasteiger partial charge in [0.25, 0.3) is 0 Å². The Hall–Kier alpha value is -1.40. The lowest BCUT2D eigenvalue weighted by atomic mass is 9.93. The summed E-state index contributed by atoms with van der Waals surface area (Å²) >= 11 is 0. The van der Waals surface area contributed by atoms with Gasteiger partial charge in [0, 0.05) is 19.1 Å². The summed E-state index contributed by atoms with van der Waals surface area (Å²) in [6, 6.07) is 9.28. The average Bonchev–Trinajstić information content (AvgIpc) is 2.62. The molecule has 0 aromatic heterocycles. The van der Waals surface area contributed by atoms with Gasteiger partial charge in [-0.2, -0.15) is 0 Å². The van der Waals surface area contributed by atoms with Crippen molar-refractivity contribution in [1.29, 1.82) is 0 Å². The molecule has 5 nitrogen and oxygen atoms in total. The van der Waals surface area contributed by atoms with E-state index in [1.807, 2.05) is 6.07 Å². The molecule has 1 heterocycles. The summed E-state index contributed by atoms with van der Waals surface area (Å²) in [6.07, 6.45) is 1.23. The molecular formula is C19H28BrNO4. The van der Waals surface area contributed by atoms with Gasteiger partial charge in [-0.1, -0.05) is 25.1 Å². The number of rotatable bonds is 6. The van der Waals surface area contributed by atoms with Crippen molar-refractivity contribution in [2.75, 3.05) is 19.7 Å². The van der Waals surface area contributed by atoms with E-state index in [2.05, 4.69) is 18.7 Å². The minimum atomic E-state index is -0.433. The number of ether oxygens (including phenoxy) is 2. The first-order valence-corrected chi connectivity index (χ1v) is 8.73. The lowest BCUT2D eigenvalue weighted by Gasteiger charge is -2.39. The van der Waals surface area contributed by atoms with Crippen LogP contribution in [0.2, 0.25) is 0 Å². The van der Waals surface area contributed by atoms with Crippen LogP contribution in [0.3, 0.4) is 0 Å². The van der Waals surface area contributed by atoms with Crippen molar-refractivity contribution in [3.63, 3.8) is 0 Å². The predicted octanol–water partition coefficient (Wildman–Crippen LogP) is 3.47. The minimum Gasteiger partial charge on any atom is -0.466 e. The van der Waals surface area contributed by atoms with Crippen LogP contribution in [0.5, 0.6) is 0 Å². The average molecular weight is 414 g/mol. The number of nitrogens with zero attached hydrogens (tertiary/aromatic N) is 1. The molecule has 0 N–H and O–H groups in total. The molecule has 3 unspecified atom stereocenters. The molecule has 0 radical (unpaired) electrons. The summed E-state index contributed by atoms with van der Waals surface area (Å²) in [5.74, 6) is -1.09. The second-order valence-corrected chi connectivity index (χ2v) is 6.21. The first-order valence-electron chi connectivity index (χ1n) is 8.73. The highest BCUT2D eigenvalue weighted by molar-refractivity contribution is 8.93. The zero-order valence-electron chi connectivity index (χ0n) is 15.1. The Bertz CT molecular complexity index is 552. The molecule has 3 atom stereocenters. The van der Waals surface area contributed by atoms with Crippen LogP contribution in [0.1, 0.15) is 44.0 Å². The largest absolute Gasteiger partial charge is 0.466 e. The second-order valence-electron chi connectivity index (χ2n) is 6.21. The molecule has 1 aromatic rings. The quantitative estimate of drug-likeness (QED) is 0.668. The highest BCUT2D eigenvalue weighted by Gasteiger charge is 2.39. The Morgan fingerprint density at radius 1 is 1.24 bits per heavy atom. The van der Waals surface area contributed by atoms with Gasteiger partial charge in [-0.15, -0.1) is 17.0 Å². The monoisotopic (exact) mass is 413 g/mol. The molecule has 2 rings (SSSR count). The summed E-state index contributed by atoms with van der Waals surface area (Å²) < 4.78 is 10.9. The van der Waals surface area contributed by atoms with E-state index in [0.29, 0.717) is 31.2 Å². The number of piperidine rings is 1. The SMILES string of the molecule is Br.CCOC(=O)C1CN(C(C)CC)CCC1OC(=O)c1ccccc1. The van der Waals surface area contributed by atoms with Gasteiger partial charge in [-0.05, 0) is 38.8 Å². The number of carbonyl (C=O) groups excluding carboxylic acids is 2. The van der Waals surface area contributed by atoms with Gasteiger partial charge in [0.2, 0.25) is 0 Å². The van der Waals surface area contributed by atoms with Crippen molar-refractivity contribution in [2.24, 2.45) is 5.92 Å². The third kappa shape index (κ3) is 5.82. The number of carbonyl (C=O) groups is 2. The minimum absolute atomic E-state index is 0. The standard InChI is InChI=1S/C19H27NO4.BrH/c1-4-14(3)20-12-11-17(16(13-20)19(22)23-5-2)24-18(21)15-9-7-6-8-10-15;/h6-10,14,16-17H,4-5,11-13H2,1-3H3;1H. The molecule has 1 aromatic carbocycles. The van der Waals surface area contributed by atoms with Crippen LogP contribution in [0.25, 0.3) is 0 Å². The lowest BCUT2D eigenvalue weighted by Crippen LogP contribution is -2.51. The maximum absolute atomic E-state index is 12.3. The van der Waals surface area contributed by atoms with Gasteiger partial charge in [0.05, 0.1) is 12.2 Å². The molecule has 1 fully saturated rings. The normalized spacial score (nSPS) is 21.7.